The van der Waals surface area contributed by atoms with Gasteiger partial charge in [-0.2, -0.15) is 0 Å². The van der Waals surface area contributed by atoms with Crippen LogP contribution in [0.5, 0.6) is 0 Å². The second-order valence-electron chi connectivity index (χ2n) is 5.89. The van der Waals surface area contributed by atoms with E-state index in [9.17, 15) is 0 Å². The molecule has 0 N–H and O–H groups in total. The molecule has 0 amide bonds. The molecule has 1 heterocycles. The molecular formula is C9H22Si2. The van der Waals surface area contributed by atoms with Crippen LogP contribution in [0.25, 0.3) is 0 Å². The van der Waals surface area contributed by atoms with Crippen molar-refractivity contribution >= 4 is 15.2 Å². The third-order valence-corrected chi connectivity index (χ3v) is 26.2. The predicted molar refractivity (Wildman–Crippen MR) is 58.4 cm³/mol. The first-order valence-corrected chi connectivity index (χ1v) is 11.9. The van der Waals surface area contributed by atoms with Crippen LogP contribution < -0.4 is 0 Å². The van der Waals surface area contributed by atoms with Crippen molar-refractivity contribution in [3.8, 4) is 0 Å². The fourth-order valence-corrected chi connectivity index (χ4v) is 15.0. The molecule has 0 radical (unpaired) electrons. The van der Waals surface area contributed by atoms with Gasteiger partial charge in [0.25, 0.3) is 0 Å². The highest BCUT2D eigenvalue weighted by atomic mass is 29.3. The van der Waals surface area contributed by atoms with E-state index >= 15 is 0 Å². The van der Waals surface area contributed by atoms with Crippen LogP contribution in [0.15, 0.2) is 0 Å². The van der Waals surface area contributed by atoms with Crippen molar-refractivity contribution in [2.45, 2.75) is 57.5 Å². The highest BCUT2D eigenvalue weighted by molar-refractivity contribution is 7.42. The zero-order valence-electron chi connectivity index (χ0n) is 8.91. The van der Waals surface area contributed by atoms with E-state index < -0.39 is 15.2 Å². The summed E-state index contributed by atoms with van der Waals surface area (Å²) in [5.41, 5.74) is 0. The Morgan fingerprint density at radius 1 is 1.00 bits per heavy atom. The summed E-state index contributed by atoms with van der Waals surface area (Å²) in [4.78, 5) is 0. The van der Waals surface area contributed by atoms with Gasteiger partial charge >= 0.3 is 0 Å². The first-order chi connectivity index (χ1) is 4.71. The second kappa shape index (κ2) is 2.22. The van der Waals surface area contributed by atoms with Crippen LogP contribution >= 0.6 is 0 Å². The van der Waals surface area contributed by atoms with Gasteiger partial charge in [-0.3, -0.25) is 0 Å². The van der Waals surface area contributed by atoms with Crippen molar-refractivity contribution in [2.75, 3.05) is 0 Å². The summed E-state index contributed by atoms with van der Waals surface area (Å²) in [6.07, 6.45) is 1.51. The molecule has 0 nitrogen and oxygen atoms in total. The van der Waals surface area contributed by atoms with E-state index in [1.807, 2.05) is 0 Å². The Balaban J connectivity index is 3.00. The molecule has 1 fully saturated rings. The topological polar surface area (TPSA) is 0 Å². The van der Waals surface area contributed by atoms with Crippen LogP contribution in [0.3, 0.4) is 0 Å². The summed E-state index contributed by atoms with van der Waals surface area (Å²) in [5.74, 6) is 0. The molecule has 2 heteroatoms. The molecule has 0 atom stereocenters. The maximum Gasteiger partial charge on any atom is 0.0468 e. The van der Waals surface area contributed by atoms with E-state index in [0.29, 0.717) is 0 Å². The minimum Gasteiger partial charge on any atom is -0.0713 e. The summed E-state index contributed by atoms with van der Waals surface area (Å²) in [7, 11) is -1.62. The zero-order chi connectivity index (χ0) is 8.91. The molecule has 66 valence electrons. The summed E-state index contributed by atoms with van der Waals surface area (Å²) in [5, 5.41) is 0.725. The molecule has 0 aliphatic carbocycles. The summed E-state index contributed by atoms with van der Waals surface area (Å²) in [6.45, 7) is 15.4. The Kier molecular flexibility index (Phi) is 1.92. The van der Waals surface area contributed by atoms with E-state index in [1.54, 1.807) is 6.04 Å². The molecule has 0 saturated carbocycles. The van der Waals surface area contributed by atoms with E-state index in [2.05, 4.69) is 40.0 Å². The monoisotopic (exact) mass is 186 g/mol. The second-order valence-corrected chi connectivity index (χ2v) is 22.6. The Morgan fingerprint density at radius 2 is 1.45 bits per heavy atom. The Labute approximate surface area is 73.2 Å². The third kappa shape index (κ3) is 1.15. The predicted octanol–water partition coefficient (Wildman–Crippen LogP) is 3.67. The van der Waals surface area contributed by atoms with E-state index in [-0.39, 0.29) is 0 Å². The van der Waals surface area contributed by atoms with Crippen LogP contribution in [0, 0.1) is 0 Å². The van der Waals surface area contributed by atoms with Gasteiger partial charge in [-0.25, -0.2) is 0 Å². The first kappa shape index (κ1) is 9.52. The van der Waals surface area contributed by atoms with Crippen molar-refractivity contribution in [1.29, 1.82) is 0 Å². The van der Waals surface area contributed by atoms with Gasteiger partial charge in [0.15, 0.2) is 0 Å². The van der Waals surface area contributed by atoms with E-state index in [4.69, 9.17) is 0 Å². The lowest BCUT2D eigenvalue weighted by atomic mass is 10.1. The Hall–Kier alpha value is 0.434. The van der Waals surface area contributed by atoms with Crippen LogP contribution in [0.2, 0.25) is 37.3 Å². The summed E-state index contributed by atoms with van der Waals surface area (Å²) >= 11 is 0. The SMILES string of the molecule is CC1(C)CC[Si](C)(C)[Si]1(C)C. The molecule has 1 rings (SSSR count). The lowest BCUT2D eigenvalue weighted by Crippen LogP contribution is -2.54. The molecule has 0 unspecified atom stereocenters. The fraction of sp³-hybridized carbons (Fsp3) is 1.00. The van der Waals surface area contributed by atoms with Crippen LogP contribution in [0.4, 0.5) is 0 Å². The minimum atomic E-state index is -0.856. The van der Waals surface area contributed by atoms with Crippen molar-refractivity contribution in [3.05, 3.63) is 0 Å². The van der Waals surface area contributed by atoms with Gasteiger partial charge in [0.2, 0.25) is 0 Å². The lowest BCUT2D eigenvalue weighted by Gasteiger charge is -2.41. The van der Waals surface area contributed by atoms with Gasteiger partial charge in [0, 0.05) is 15.2 Å². The smallest absolute Gasteiger partial charge is 0.0468 e. The Morgan fingerprint density at radius 3 is 1.55 bits per heavy atom. The molecule has 0 aromatic heterocycles. The molecule has 1 saturated heterocycles. The van der Waals surface area contributed by atoms with Crippen LogP contribution in [-0.2, 0) is 0 Å². The number of hydrogen-bond donors (Lipinski definition) is 0. The van der Waals surface area contributed by atoms with Crippen molar-refractivity contribution in [1.82, 2.24) is 0 Å². The fourth-order valence-electron chi connectivity index (χ4n) is 2.17. The number of rotatable bonds is 0. The number of hydrogen-bond acceptors (Lipinski definition) is 0. The Bertz CT molecular complexity index is 150. The normalized spacial score (nSPS) is 32.2. The summed E-state index contributed by atoms with van der Waals surface area (Å²) < 4.78 is 0. The molecule has 11 heavy (non-hydrogen) atoms. The van der Waals surface area contributed by atoms with Crippen LogP contribution in [0.1, 0.15) is 20.3 Å². The van der Waals surface area contributed by atoms with Gasteiger partial charge < -0.3 is 0 Å². The molecule has 0 spiro atoms. The van der Waals surface area contributed by atoms with Crippen molar-refractivity contribution in [3.63, 3.8) is 0 Å². The molecule has 0 aromatic rings. The summed E-state index contributed by atoms with van der Waals surface area (Å²) in [6, 6.07) is 1.58. The van der Waals surface area contributed by atoms with E-state index in [0.717, 1.165) is 5.04 Å². The van der Waals surface area contributed by atoms with Gasteiger partial charge in [-0.05, 0) is 5.04 Å². The van der Waals surface area contributed by atoms with Gasteiger partial charge in [-0.1, -0.05) is 52.5 Å². The average molecular weight is 186 g/mol. The van der Waals surface area contributed by atoms with Crippen molar-refractivity contribution in [2.24, 2.45) is 0 Å². The van der Waals surface area contributed by atoms with Crippen LogP contribution in [-0.4, -0.2) is 15.2 Å². The maximum atomic E-state index is 2.62. The van der Waals surface area contributed by atoms with Gasteiger partial charge in [0.1, 0.15) is 0 Å². The lowest BCUT2D eigenvalue weighted by molar-refractivity contribution is 0.644. The van der Waals surface area contributed by atoms with Gasteiger partial charge in [0.05, 0.1) is 0 Å². The first-order valence-electron chi connectivity index (χ1n) is 4.71. The molecule has 0 bridgehead atoms. The quantitative estimate of drug-likeness (QED) is 0.507. The average Bonchev–Trinajstić information content (AvgIpc) is 1.93. The van der Waals surface area contributed by atoms with E-state index in [1.165, 1.54) is 6.42 Å². The highest BCUT2D eigenvalue weighted by Crippen LogP contribution is 2.54. The van der Waals surface area contributed by atoms with Gasteiger partial charge in [-0.15, -0.1) is 0 Å². The largest absolute Gasteiger partial charge is 0.0713 e. The third-order valence-electron chi connectivity index (χ3n) is 4.76. The maximum absolute atomic E-state index is 2.62. The highest BCUT2D eigenvalue weighted by Gasteiger charge is 2.55. The van der Waals surface area contributed by atoms with Crippen molar-refractivity contribution < 1.29 is 0 Å². The molecule has 1 aliphatic rings. The minimum absolute atomic E-state index is 0.725. The molecular weight excluding hydrogens is 164 g/mol. The molecule has 1 aliphatic heterocycles. The zero-order valence-corrected chi connectivity index (χ0v) is 10.9. The standard InChI is InChI=1S/C9H22Si2/c1-9(2)7-8-10(3,4)11(9,5)6/h7-8H2,1-6H3. The molecule has 0 aromatic carbocycles.